The van der Waals surface area contributed by atoms with E-state index in [4.69, 9.17) is 33.2 Å². The monoisotopic (exact) mass is 736 g/mol. The van der Waals surface area contributed by atoms with Gasteiger partial charge in [0.05, 0.1) is 57.9 Å². The quantitative estimate of drug-likeness (QED) is 0.0665. The summed E-state index contributed by atoms with van der Waals surface area (Å²) in [4.78, 5) is 26.1. The van der Waals surface area contributed by atoms with E-state index in [0.29, 0.717) is 6.42 Å². The lowest BCUT2D eigenvalue weighted by Gasteiger charge is -2.42. The molecule has 0 amide bonds. The molecule has 0 bridgehead atoms. The third-order valence-corrected chi connectivity index (χ3v) is 10.5. The maximum atomic E-state index is 13.4. The third kappa shape index (κ3) is 9.09. The first-order valence-corrected chi connectivity index (χ1v) is 17.0. The van der Waals surface area contributed by atoms with Gasteiger partial charge >= 0.3 is 11.9 Å². The number of rotatable bonds is 13. The number of allylic oxidation sites excluding steroid dienone is 1. The van der Waals surface area contributed by atoms with Gasteiger partial charge in [0.15, 0.2) is 12.6 Å². The molecule has 18 nitrogen and oxygen atoms in total. The highest BCUT2D eigenvalue weighted by Gasteiger charge is 2.48. The molecule has 0 spiro atoms. The van der Waals surface area contributed by atoms with Gasteiger partial charge in [-0.1, -0.05) is 19.9 Å². The summed E-state index contributed by atoms with van der Waals surface area (Å²) in [6, 6.07) is 0. The van der Waals surface area contributed by atoms with Crippen LogP contribution in [0.5, 0.6) is 0 Å². The van der Waals surface area contributed by atoms with E-state index in [1.54, 1.807) is 6.92 Å². The summed E-state index contributed by atoms with van der Waals surface area (Å²) in [5.74, 6) is -3.57. The van der Waals surface area contributed by atoms with Gasteiger partial charge in [-0.05, 0) is 31.1 Å². The Bertz CT molecular complexity index is 1220. The molecule has 17 atom stereocenters. The number of esters is 2. The summed E-state index contributed by atoms with van der Waals surface area (Å²) in [6.07, 6.45) is -14.5. The first kappa shape index (κ1) is 41.5. The highest BCUT2D eigenvalue weighted by molar-refractivity contribution is 5.90. The van der Waals surface area contributed by atoms with Gasteiger partial charge in [-0.15, -0.1) is 0 Å². The largest absolute Gasteiger partial charge is 0.468 e. The van der Waals surface area contributed by atoms with Crippen molar-refractivity contribution in [1.82, 2.24) is 0 Å². The lowest BCUT2D eigenvalue weighted by atomic mass is 9.83. The van der Waals surface area contributed by atoms with Crippen LogP contribution in [0.4, 0.5) is 0 Å². The molecule has 1 aliphatic carbocycles. The van der Waals surface area contributed by atoms with Crippen molar-refractivity contribution in [3.8, 4) is 0 Å². The number of carbonyl (C=O) groups is 2. The predicted octanol–water partition coefficient (Wildman–Crippen LogP) is -3.20. The van der Waals surface area contributed by atoms with E-state index in [2.05, 4.69) is 0 Å². The lowest BCUT2D eigenvalue weighted by Crippen LogP contribution is -2.60. The standard InChI is InChI=1S/C33H52O18/c1-5-15-17(19(30(44)45-4)12-48-31(15)51-33-29(43)27(41)25(39)22(9-35)50-33)7-23(37)46-11-18-14(3)20(36)6-16(18)13(2)10-47-32-28(42)26(40)24(38)21(8-34)49-32/h5,12-14,16-18,20-22,24-29,31-36,38-43H,6-11H2,1-4H3. The first-order chi connectivity index (χ1) is 24.2. The van der Waals surface area contributed by atoms with Gasteiger partial charge in [0.25, 0.3) is 0 Å². The molecule has 4 rings (SSSR count). The van der Waals surface area contributed by atoms with Gasteiger partial charge in [-0.3, -0.25) is 4.79 Å². The van der Waals surface area contributed by atoms with Gasteiger partial charge in [-0.25, -0.2) is 4.79 Å². The van der Waals surface area contributed by atoms with Crippen molar-refractivity contribution in [2.24, 2.45) is 29.6 Å². The van der Waals surface area contributed by atoms with Crippen molar-refractivity contribution in [1.29, 1.82) is 0 Å². The molecule has 3 fully saturated rings. The molecule has 292 valence electrons. The molecule has 0 aromatic heterocycles. The minimum absolute atomic E-state index is 0.00703. The zero-order valence-corrected chi connectivity index (χ0v) is 28.9. The molecule has 4 aliphatic rings. The molecule has 9 N–H and O–H groups in total. The number of ether oxygens (including phenoxy) is 7. The number of methoxy groups -OCH3 is 1. The molecule has 1 saturated carbocycles. The van der Waals surface area contributed by atoms with Crippen molar-refractivity contribution in [2.45, 2.75) is 107 Å². The summed E-state index contributed by atoms with van der Waals surface area (Å²) in [7, 11) is 1.15. The van der Waals surface area contributed by atoms with E-state index in [0.717, 1.165) is 13.4 Å². The van der Waals surface area contributed by atoms with Crippen LogP contribution in [-0.4, -0.2) is 165 Å². The van der Waals surface area contributed by atoms with Gasteiger partial charge in [0.1, 0.15) is 48.8 Å². The Kier molecular flexibility index (Phi) is 14.8. The highest BCUT2D eigenvalue weighted by atomic mass is 16.8. The Morgan fingerprint density at radius 1 is 0.922 bits per heavy atom. The fourth-order valence-corrected chi connectivity index (χ4v) is 7.19. The van der Waals surface area contributed by atoms with Crippen molar-refractivity contribution in [2.75, 3.05) is 33.5 Å². The Hall–Kier alpha value is -2.30. The van der Waals surface area contributed by atoms with Gasteiger partial charge in [-0.2, -0.15) is 0 Å². The molecule has 51 heavy (non-hydrogen) atoms. The molecule has 0 aromatic rings. The summed E-state index contributed by atoms with van der Waals surface area (Å²) < 4.78 is 38.6. The molecule has 2 saturated heterocycles. The van der Waals surface area contributed by atoms with Gasteiger partial charge in [0, 0.05) is 17.4 Å². The van der Waals surface area contributed by atoms with Gasteiger partial charge in [0.2, 0.25) is 6.29 Å². The minimum Gasteiger partial charge on any atom is -0.468 e. The van der Waals surface area contributed by atoms with E-state index in [-0.39, 0.29) is 54.5 Å². The molecule has 0 aromatic carbocycles. The van der Waals surface area contributed by atoms with E-state index < -0.39 is 105 Å². The Balaban J connectivity index is 1.41. The first-order valence-electron chi connectivity index (χ1n) is 17.0. The average molecular weight is 737 g/mol. The molecule has 18 heteroatoms. The molecule has 3 heterocycles. The zero-order valence-electron chi connectivity index (χ0n) is 28.9. The number of aliphatic hydroxyl groups excluding tert-OH is 9. The van der Waals surface area contributed by atoms with Crippen molar-refractivity contribution in [3.63, 3.8) is 0 Å². The highest BCUT2D eigenvalue weighted by Crippen LogP contribution is 2.42. The van der Waals surface area contributed by atoms with E-state index >= 15 is 0 Å². The predicted molar refractivity (Wildman–Crippen MR) is 168 cm³/mol. The van der Waals surface area contributed by atoms with Crippen molar-refractivity contribution < 1.29 is 88.7 Å². The van der Waals surface area contributed by atoms with E-state index in [9.17, 15) is 55.5 Å². The van der Waals surface area contributed by atoms with Crippen molar-refractivity contribution in [3.05, 3.63) is 23.5 Å². The smallest absolute Gasteiger partial charge is 0.337 e. The molecule has 17 unspecified atom stereocenters. The SMILES string of the molecule is CC=C1C(OC2OC(CO)C(O)C(O)C2O)OC=C(C(=O)OC)C1CC(=O)OCC1C(C)C(O)CC1C(C)COC1OC(CO)C(O)C(O)C1O. The van der Waals surface area contributed by atoms with Crippen LogP contribution in [0, 0.1) is 29.6 Å². The molecular formula is C33H52O18. The zero-order chi connectivity index (χ0) is 37.7. The fourth-order valence-electron chi connectivity index (χ4n) is 7.19. The Labute approximate surface area is 294 Å². The summed E-state index contributed by atoms with van der Waals surface area (Å²) in [6.45, 7) is 3.89. The summed E-state index contributed by atoms with van der Waals surface area (Å²) in [5, 5.41) is 91.0. The number of hydrogen-bond donors (Lipinski definition) is 9. The van der Waals surface area contributed by atoms with Crippen LogP contribution in [0.2, 0.25) is 0 Å². The van der Waals surface area contributed by atoms with Crippen LogP contribution in [0.15, 0.2) is 23.5 Å². The normalized spacial score (nSPS) is 42.9. The van der Waals surface area contributed by atoms with Crippen LogP contribution < -0.4 is 0 Å². The number of carbonyl (C=O) groups excluding carboxylic acids is 2. The average Bonchev–Trinajstić information content (AvgIpc) is 3.41. The second kappa shape index (κ2) is 18.2. The third-order valence-electron chi connectivity index (χ3n) is 10.5. The second-order valence-electron chi connectivity index (χ2n) is 13.6. The van der Waals surface area contributed by atoms with Crippen LogP contribution >= 0.6 is 0 Å². The number of hydrogen-bond acceptors (Lipinski definition) is 18. The fraction of sp³-hybridized carbons (Fsp3) is 0.818. The number of aliphatic hydroxyl groups is 9. The Morgan fingerprint density at radius 3 is 2.08 bits per heavy atom. The van der Waals surface area contributed by atoms with Crippen LogP contribution in [-0.2, 0) is 42.7 Å². The summed E-state index contributed by atoms with van der Waals surface area (Å²) >= 11 is 0. The molecular weight excluding hydrogens is 684 g/mol. The topological polar surface area (TPSA) is 281 Å². The van der Waals surface area contributed by atoms with Gasteiger partial charge < -0.3 is 79.1 Å². The maximum absolute atomic E-state index is 13.4. The van der Waals surface area contributed by atoms with Crippen molar-refractivity contribution >= 4 is 11.9 Å². The maximum Gasteiger partial charge on any atom is 0.337 e. The van der Waals surface area contributed by atoms with E-state index in [1.807, 2.05) is 13.8 Å². The Morgan fingerprint density at radius 2 is 1.51 bits per heavy atom. The second-order valence-corrected chi connectivity index (χ2v) is 13.6. The summed E-state index contributed by atoms with van der Waals surface area (Å²) in [5.41, 5.74) is 0.228. The molecule has 0 radical (unpaired) electrons. The van der Waals surface area contributed by atoms with Crippen LogP contribution in [0.1, 0.15) is 33.6 Å². The minimum atomic E-state index is -1.74. The molecule has 3 aliphatic heterocycles. The van der Waals surface area contributed by atoms with Crippen LogP contribution in [0.3, 0.4) is 0 Å². The van der Waals surface area contributed by atoms with Crippen LogP contribution in [0.25, 0.3) is 0 Å². The lowest BCUT2D eigenvalue weighted by molar-refractivity contribution is -0.327. The van der Waals surface area contributed by atoms with E-state index in [1.165, 1.54) is 6.08 Å².